The van der Waals surface area contributed by atoms with Crippen molar-refractivity contribution >= 4 is 39.2 Å². The molecule has 0 aliphatic heterocycles. The van der Waals surface area contributed by atoms with Crippen LogP contribution in [0.3, 0.4) is 0 Å². The van der Waals surface area contributed by atoms with Crippen LogP contribution in [0.5, 0.6) is 5.75 Å². The van der Waals surface area contributed by atoms with E-state index in [1.165, 1.54) is 11.3 Å². The lowest BCUT2D eigenvalue weighted by Crippen LogP contribution is -2.16. The molecule has 0 radical (unpaired) electrons. The fourth-order valence-electron chi connectivity index (χ4n) is 2.58. The molecule has 3 aromatic rings. The van der Waals surface area contributed by atoms with Crippen molar-refractivity contribution in [2.45, 2.75) is 17.9 Å². The lowest BCUT2D eigenvalue weighted by atomic mass is 10.3. The van der Waals surface area contributed by atoms with Gasteiger partial charge in [-0.15, -0.1) is 18.3 Å². The number of carbonyl (C=O) groups excluding carboxylic acids is 1. The van der Waals surface area contributed by atoms with Crippen molar-refractivity contribution in [1.82, 2.24) is 4.57 Å². The lowest BCUT2D eigenvalue weighted by molar-refractivity contribution is -0.117. The summed E-state index contributed by atoms with van der Waals surface area (Å²) in [5.74, 6) is 1.37. The fourth-order valence-corrected chi connectivity index (χ4v) is 4.52. The molecule has 0 fully saturated rings. The SMILES string of the molecule is C=CCn1c(=NC(=O)CCSc2ccccc2)sc2cccc(OC)c21. The maximum Gasteiger partial charge on any atom is 0.249 e. The topological polar surface area (TPSA) is 43.6 Å². The molecular weight excluding hydrogens is 364 g/mol. The molecule has 0 atom stereocenters. The minimum absolute atomic E-state index is 0.114. The van der Waals surface area contributed by atoms with Crippen LogP contribution in [0.25, 0.3) is 10.2 Å². The second-order valence-electron chi connectivity index (χ2n) is 5.51. The van der Waals surface area contributed by atoms with Crippen LogP contribution in [-0.4, -0.2) is 23.3 Å². The second kappa shape index (κ2) is 8.87. The number of amides is 1. The van der Waals surface area contributed by atoms with Crippen molar-refractivity contribution in [3.63, 3.8) is 0 Å². The molecule has 2 aromatic carbocycles. The van der Waals surface area contributed by atoms with E-state index in [0.717, 1.165) is 20.9 Å². The number of aromatic nitrogens is 1. The molecule has 0 saturated carbocycles. The van der Waals surface area contributed by atoms with E-state index in [0.29, 0.717) is 23.5 Å². The predicted molar refractivity (Wildman–Crippen MR) is 109 cm³/mol. The average molecular weight is 385 g/mol. The number of thioether (sulfide) groups is 1. The number of hydrogen-bond acceptors (Lipinski definition) is 4. The summed E-state index contributed by atoms with van der Waals surface area (Å²) in [4.78, 5) is 18.5. The van der Waals surface area contributed by atoms with Crippen molar-refractivity contribution in [1.29, 1.82) is 0 Å². The summed E-state index contributed by atoms with van der Waals surface area (Å²) in [6, 6.07) is 15.9. The molecule has 1 amide bonds. The van der Waals surface area contributed by atoms with Gasteiger partial charge >= 0.3 is 0 Å². The number of fused-ring (bicyclic) bond motifs is 1. The van der Waals surface area contributed by atoms with E-state index in [2.05, 4.69) is 11.6 Å². The number of para-hydroxylation sites is 1. The fraction of sp³-hybridized carbons (Fsp3) is 0.200. The van der Waals surface area contributed by atoms with Crippen LogP contribution in [0, 0.1) is 0 Å². The van der Waals surface area contributed by atoms with Gasteiger partial charge in [0, 0.05) is 23.6 Å². The Labute approximate surface area is 160 Å². The Kier molecular flexibility index (Phi) is 6.30. The van der Waals surface area contributed by atoms with Gasteiger partial charge in [0.2, 0.25) is 5.91 Å². The Bertz CT molecular complexity index is 974. The summed E-state index contributed by atoms with van der Waals surface area (Å²) >= 11 is 3.16. The van der Waals surface area contributed by atoms with E-state index in [1.807, 2.05) is 53.1 Å². The van der Waals surface area contributed by atoms with E-state index in [-0.39, 0.29) is 5.91 Å². The highest BCUT2D eigenvalue weighted by molar-refractivity contribution is 7.99. The highest BCUT2D eigenvalue weighted by Crippen LogP contribution is 2.27. The van der Waals surface area contributed by atoms with Gasteiger partial charge in [0.15, 0.2) is 4.80 Å². The Morgan fingerprint density at radius 3 is 2.81 bits per heavy atom. The molecule has 1 heterocycles. The molecule has 0 aliphatic rings. The van der Waals surface area contributed by atoms with Crippen molar-refractivity contribution in [3.8, 4) is 5.75 Å². The highest BCUT2D eigenvalue weighted by Gasteiger charge is 2.11. The summed E-state index contributed by atoms with van der Waals surface area (Å²) in [7, 11) is 1.65. The molecule has 134 valence electrons. The molecule has 26 heavy (non-hydrogen) atoms. The largest absolute Gasteiger partial charge is 0.495 e. The minimum Gasteiger partial charge on any atom is -0.495 e. The van der Waals surface area contributed by atoms with Crippen LogP contribution in [-0.2, 0) is 11.3 Å². The summed E-state index contributed by atoms with van der Waals surface area (Å²) in [5, 5.41) is 0. The minimum atomic E-state index is -0.114. The number of thiazole rings is 1. The molecule has 0 aliphatic carbocycles. The summed E-state index contributed by atoms with van der Waals surface area (Å²) in [6.07, 6.45) is 2.20. The maximum absolute atomic E-state index is 12.3. The van der Waals surface area contributed by atoms with Gasteiger partial charge in [-0.1, -0.05) is 41.7 Å². The third-order valence-corrected chi connectivity index (χ3v) is 5.80. The van der Waals surface area contributed by atoms with Crippen LogP contribution in [0.15, 0.2) is 71.1 Å². The first-order chi connectivity index (χ1) is 12.7. The van der Waals surface area contributed by atoms with Crippen LogP contribution >= 0.6 is 23.1 Å². The van der Waals surface area contributed by atoms with Crippen LogP contribution in [0.1, 0.15) is 6.42 Å². The quantitative estimate of drug-likeness (QED) is 0.445. The number of hydrogen-bond donors (Lipinski definition) is 0. The first kappa shape index (κ1) is 18.5. The van der Waals surface area contributed by atoms with Gasteiger partial charge in [-0.05, 0) is 24.3 Å². The first-order valence-electron chi connectivity index (χ1n) is 8.25. The van der Waals surface area contributed by atoms with Crippen molar-refractivity contribution < 1.29 is 9.53 Å². The Hall–Kier alpha value is -2.31. The maximum atomic E-state index is 12.3. The van der Waals surface area contributed by atoms with E-state index in [9.17, 15) is 4.79 Å². The number of methoxy groups -OCH3 is 1. The zero-order chi connectivity index (χ0) is 18.4. The normalized spacial score (nSPS) is 11.7. The summed E-state index contributed by atoms with van der Waals surface area (Å²) in [6.45, 7) is 4.39. The lowest BCUT2D eigenvalue weighted by Gasteiger charge is -2.06. The number of allylic oxidation sites excluding steroid dienone is 1. The molecule has 3 rings (SSSR count). The van der Waals surface area contributed by atoms with Crippen LogP contribution in [0.2, 0.25) is 0 Å². The zero-order valence-corrected chi connectivity index (χ0v) is 16.2. The van der Waals surface area contributed by atoms with Gasteiger partial charge in [0.05, 0.1) is 11.8 Å². The standard InChI is InChI=1S/C20H20N2O2S2/c1-3-13-22-19-16(24-2)10-7-11-17(19)26-20(22)21-18(23)12-14-25-15-8-5-4-6-9-15/h3-11H,1,12-14H2,2H3. The summed E-state index contributed by atoms with van der Waals surface area (Å²) in [5.41, 5.74) is 0.949. The number of benzene rings is 2. The Morgan fingerprint density at radius 1 is 1.27 bits per heavy atom. The molecule has 6 heteroatoms. The third kappa shape index (κ3) is 4.26. The van der Waals surface area contributed by atoms with E-state index < -0.39 is 0 Å². The number of carbonyl (C=O) groups is 1. The van der Waals surface area contributed by atoms with Crippen molar-refractivity contribution in [2.24, 2.45) is 4.99 Å². The number of ether oxygens (including phenoxy) is 1. The molecule has 0 N–H and O–H groups in total. The van der Waals surface area contributed by atoms with Crippen LogP contribution in [0.4, 0.5) is 0 Å². The Balaban J connectivity index is 1.82. The van der Waals surface area contributed by atoms with Gasteiger partial charge in [-0.3, -0.25) is 4.79 Å². The first-order valence-corrected chi connectivity index (χ1v) is 10.1. The van der Waals surface area contributed by atoms with Crippen molar-refractivity contribution in [3.05, 3.63) is 66.0 Å². The molecule has 0 spiro atoms. The van der Waals surface area contributed by atoms with Gasteiger partial charge in [0.1, 0.15) is 11.3 Å². The van der Waals surface area contributed by atoms with Crippen molar-refractivity contribution in [2.75, 3.05) is 12.9 Å². The van der Waals surface area contributed by atoms with Gasteiger partial charge in [-0.25, -0.2) is 0 Å². The summed E-state index contributed by atoms with van der Waals surface area (Å²) < 4.78 is 8.49. The average Bonchev–Trinajstić information content (AvgIpc) is 3.00. The Morgan fingerprint density at radius 2 is 2.08 bits per heavy atom. The van der Waals surface area contributed by atoms with Gasteiger partial charge in [-0.2, -0.15) is 4.99 Å². The molecule has 0 unspecified atom stereocenters. The number of nitrogens with zero attached hydrogens (tertiary/aromatic N) is 2. The van der Waals surface area contributed by atoms with Gasteiger partial charge in [0.25, 0.3) is 0 Å². The third-order valence-electron chi connectivity index (χ3n) is 3.74. The molecule has 0 saturated heterocycles. The second-order valence-corrected chi connectivity index (χ2v) is 7.69. The zero-order valence-electron chi connectivity index (χ0n) is 14.6. The molecule has 0 bridgehead atoms. The van der Waals surface area contributed by atoms with E-state index in [1.54, 1.807) is 24.9 Å². The number of rotatable bonds is 7. The monoisotopic (exact) mass is 384 g/mol. The molecule has 1 aromatic heterocycles. The smallest absolute Gasteiger partial charge is 0.249 e. The predicted octanol–water partition coefficient (Wildman–Crippen LogP) is 4.51. The van der Waals surface area contributed by atoms with Gasteiger partial charge < -0.3 is 9.30 Å². The molecule has 4 nitrogen and oxygen atoms in total. The highest BCUT2D eigenvalue weighted by atomic mass is 32.2. The van der Waals surface area contributed by atoms with E-state index in [4.69, 9.17) is 4.74 Å². The molecular formula is C20H20N2O2S2. The van der Waals surface area contributed by atoms with Crippen LogP contribution < -0.4 is 9.54 Å². The van der Waals surface area contributed by atoms with E-state index >= 15 is 0 Å².